The smallest absolute Gasteiger partial charge is 0.191 e. The van der Waals surface area contributed by atoms with E-state index in [1.54, 1.807) is 17.8 Å². The van der Waals surface area contributed by atoms with E-state index in [2.05, 4.69) is 58.8 Å². The second kappa shape index (κ2) is 11.3. The molecule has 0 saturated carbocycles. The number of benzene rings is 1. The minimum absolute atomic E-state index is 0. The number of nitrogens with zero attached hydrogens (tertiary/aromatic N) is 3. The molecule has 6 nitrogen and oxygen atoms in total. The third kappa shape index (κ3) is 7.88. The molecule has 0 aliphatic heterocycles. The summed E-state index contributed by atoms with van der Waals surface area (Å²) >= 11 is 0. The number of halogens is 1. The molecule has 0 saturated heterocycles. The number of aliphatic imine (C=N–C) groups is 1. The Kier molecular flexibility index (Phi) is 9.79. The summed E-state index contributed by atoms with van der Waals surface area (Å²) in [7, 11) is 1.84. The van der Waals surface area contributed by atoms with Gasteiger partial charge in [-0.1, -0.05) is 43.2 Å². The zero-order valence-corrected chi connectivity index (χ0v) is 19.0. The van der Waals surface area contributed by atoms with E-state index in [-0.39, 0.29) is 24.0 Å². The fourth-order valence-electron chi connectivity index (χ4n) is 2.48. The molecule has 0 fully saturated rings. The van der Waals surface area contributed by atoms with Crippen LogP contribution in [0, 0.1) is 6.92 Å². The van der Waals surface area contributed by atoms with Gasteiger partial charge < -0.3 is 15.7 Å². The standard InChI is InChI=1S/C20H31N5O.HI/c1-5-6-11-21-19(22-12-17-9-7-16(2)8-10-17)23-15-20(3,26)18-13-24-25(4)14-18;/h7-10,13-14,26H,5-6,11-12,15H2,1-4H3,(H2,21,22,23);1H. The largest absolute Gasteiger partial charge is 0.383 e. The maximum absolute atomic E-state index is 10.7. The van der Waals surface area contributed by atoms with E-state index >= 15 is 0 Å². The van der Waals surface area contributed by atoms with E-state index in [1.807, 2.05) is 13.2 Å². The maximum atomic E-state index is 10.7. The molecule has 2 rings (SSSR count). The highest BCUT2D eigenvalue weighted by Gasteiger charge is 2.25. The van der Waals surface area contributed by atoms with Crippen LogP contribution in [0.25, 0.3) is 0 Å². The van der Waals surface area contributed by atoms with Gasteiger partial charge in [-0.25, -0.2) is 4.99 Å². The van der Waals surface area contributed by atoms with Crippen LogP contribution < -0.4 is 10.6 Å². The second-order valence-electron chi connectivity index (χ2n) is 6.96. The summed E-state index contributed by atoms with van der Waals surface area (Å²) in [4.78, 5) is 4.66. The molecule has 1 aromatic heterocycles. The van der Waals surface area contributed by atoms with Gasteiger partial charge >= 0.3 is 0 Å². The summed E-state index contributed by atoms with van der Waals surface area (Å²) in [6.07, 6.45) is 5.71. The Morgan fingerprint density at radius 3 is 2.56 bits per heavy atom. The summed E-state index contributed by atoms with van der Waals surface area (Å²) in [5.41, 5.74) is 2.15. The van der Waals surface area contributed by atoms with Crippen LogP contribution in [0.4, 0.5) is 0 Å². The van der Waals surface area contributed by atoms with Crippen LogP contribution in [0.5, 0.6) is 0 Å². The number of aliphatic hydroxyl groups is 1. The number of guanidine groups is 1. The van der Waals surface area contributed by atoms with Gasteiger partial charge in [-0.2, -0.15) is 5.10 Å². The summed E-state index contributed by atoms with van der Waals surface area (Å²) in [5.74, 6) is 0.711. The molecule has 0 bridgehead atoms. The SMILES string of the molecule is CCCCNC(=NCc1ccc(C)cc1)NCC(C)(O)c1cnn(C)c1.I. The van der Waals surface area contributed by atoms with Crippen LogP contribution in [0.15, 0.2) is 41.7 Å². The average molecular weight is 485 g/mol. The summed E-state index contributed by atoms with van der Waals surface area (Å²) in [6, 6.07) is 8.37. The molecule has 0 radical (unpaired) electrons. The van der Waals surface area contributed by atoms with Crippen molar-refractivity contribution in [1.29, 1.82) is 0 Å². The van der Waals surface area contributed by atoms with Crippen LogP contribution in [0.2, 0.25) is 0 Å². The van der Waals surface area contributed by atoms with Gasteiger partial charge in [0, 0.05) is 25.4 Å². The first-order valence-corrected chi connectivity index (χ1v) is 9.20. The van der Waals surface area contributed by atoms with Crippen molar-refractivity contribution in [3.63, 3.8) is 0 Å². The zero-order valence-electron chi connectivity index (χ0n) is 16.7. The Morgan fingerprint density at radius 2 is 1.96 bits per heavy atom. The van der Waals surface area contributed by atoms with E-state index in [9.17, 15) is 5.11 Å². The minimum atomic E-state index is -1.02. The molecule has 2 aromatic rings. The van der Waals surface area contributed by atoms with Gasteiger partial charge in [0.05, 0.1) is 19.3 Å². The van der Waals surface area contributed by atoms with E-state index in [4.69, 9.17) is 0 Å². The van der Waals surface area contributed by atoms with Gasteiger partial charge in [0.1, 0.15) is 5.60 Å². The fourth-order valence-corrected chi connectivity index (χ4v) is 2.48. The van der Waals surface area contributed by atoms with Gasteiger partial charge in [0.25, 0.3) is 0 Å². The number of hydrogen-bond acceptors (Lipinski definition) is 3. The lowest BCUT2D eigenvalue weighted by Crippen LogP contribution is -2.44. The van der Waals surface area contributed by atoms with E-state index in [0.29, 0.717) is 19.0 Å². The molecule has 150 valence electrons. The quantitative estimate of drug-likeness (QED) is 0.233. The second-order valence-corrected chi connectivity index (χ2v) is 6.96. The molecular formula is C20H32IN5O. The third-order valence-electron chi connectivity index (χ3n) is 4.29. The van der Waals surface area contributed by atoms with Crippen molar-refractivity contribution in [2.24, 2.45) is 12.0 Å². The van der Waals surface area contributed by atoms with Crippen molar-refractivity contribution >= 4 is 29.9 Å². The summed E-state index contributed by atoms with van der Waals surface area (Å²) < 4.78 is 1.69. The van der Waals surface area contributed by atoms with Crippen LogP contribution in [0.3, 0.4) is 0 Å². The molecule has 27 heavy (non-hydrogen) atoms. The highest BCUT2D eigenvalue weighted by atomic mass is 127. The molecule has 7 heteroatoms. The maximum Gasteiger partial charge on any atom is 0.191 e. The average Bonchev–Trinajstić information content (AvgIpc) is 3.06. The van der Waals surface area contributed by atoms with Gasteiger partial charge in [0.15, 0.2) is 5.96 Å². The monoisotopic (exact) mass is 485 g/mol. The number of rotatable bonds is 8. The first kappa shape index (κ1) is 23.4. The number of aryl methyl sites for hydroxylation is 2. The molecule has 0 spiro atoms. The molecule has 0 amide bonds. The lowest BCUT2D eigenvalue weighted by atomic mass is 10.00. The Hall–Kier alpha value is -1.61. The highest BCUT2D eigenvalue weighted by Crippen LogP contribution is 2.18. The van der Waals surface area contributed by atoms with Crippen molar-refractivity contribution < 1.29 is 5.11 Å². The number of unbranched alkanes of at least 4 members (excludes halogenated alkanes) is 1. The molecule has 1 atom stereocenters. The summed E-state index contributed by atoms with van der Waals surface area (Å²) in [6.45, 7) is 7.81. The number of hydrogen-bond donors (Lipinski definition) is 3. The third-order valence-corrected chi connectivity index (χ3v) is 4.29. The van der Waals surface area contributed by atoms with Crippen molar-refractivity contribution in [1.82, 2.24) is 20.4 Å². The Labute approximate surface area is 179 Å². The van der Waals surface area contributed by atoms with E-state index in [0.717, 1.165) is 30.5 Å². The predicted molar refractivity (Wildman–Crippen MR) is 121 cm³/mol. The van der Waals surface area contributed by atoms with Gasteiger partial charge in [-0.05, 0) is 25.8 Å². The molecule has 1 heterocycles. The van der Waals surface area contributed by atoms with Crippen molar-refractivity contribution in [3.8, 4) is 0 Å². The Balaban J connectivity index is 0.00000364. The molecule has 0 aliphatic carbocycles. The molecule has 1 unspecified atom stereocenters. The first-order chi connectivity index (χ1) is 12.4. The van der Waals surface area contributed by atoms with Crippen molar-refractivity contribution in [2.75, 3.05) is 13.1 Å². The van der Waals surface area contributed by atoms with Crippen LogP contribution in [0.1, 0.15) is 43.4 Å². The summed E-state index contributed by atoms with van der Waals surface area (Å²) in [5, 5.41) is 21.5. The fraction of sp³-hybridized carbons (Fsp3) is 0.500. The highest BCUT2D eigenvalue weighted by molar-refractivity contribution is 14.0. The zero-order chi connectivity index (χ0) is 19.0. The van der Waals surface area contributed by atoms with Gasteiger partial charge in [0.2, 0.25) is 0 Å². The van der Waals surface area contributed by atoms with Crippen molar-refractivity contribution in [3.05, 3.63) is 53.3 Å². The van der Waals surface area contributed by atoms with Crippen LogP contribution >= 0.6 is 24.0 Å². The van der Waals surface area contributed by atoms with Crippen LogP contribution in [-0.4, -0.2) is 33.9 Å². The van der Waals surface area contributed by atoms with Gasteiger partial charge in [-0.15, -0.1) is 24.0 Å². The van der Waals surface area contributed by atoms with E-state index < -0.39 is 5.60 Å². The molecular weight excluding hydrogens is 453 g/mol. The number of aromatic nitrogens is 2. The molecule has 1 aromatic carbocycles. The molecule has 0 aliphatic rings. The normalized spacial score (nSPS) is 13.6. The lowest BCUT2D eigenvalue weighted by molar-refractivity contribution is 0.0616. The Bertz CT molecular complexity index is 709. The minimum Gasteiger partial charge on any atom is -0.383 e. The number of nitrogens with one attached hydrogen (secondary N) is 2. The van der Waals surface area contributed by atoms with Crippen LogP contribution in [-0.2, 0) is 19.2 Å². The first-order valence-electron chi connectivity index (χ1n) is 9.20. The lowest BCUT2D eigenvalue weighted by Gasteiger charge is -2.24. The van der Waals surface area contributed by atoms with Gasteiger partial charge in [-0.3, -0.25) is 4.68 Å². The van der Waals surface area contributed by atoms with Crippen molar-refractivity contribution in [2.45, 2.75) is 45.8 Å². The Morgan fingerprint density at radius 1 is 1.26 bits per heavy atom. The predicted octanol–water partition coefficient (Wildman–Crippen LogP) is 3.09. The molecule has 3 N–H and O–H groups in total. The topological polar surface area (TPSA) is 74.5 Å². The van der Waals surface area contributed by atoms with E-state index in [1.165, 1.54) is 5.56 Å².